The van der Waals surface area contributed by atoms with Crippen molar-refractivity contribution in [2.45, 2.75) is 138 Å². The van der Waals surface area contributed by atoms with Crippen molar-refractivity contribution < 1.29 is 0 Å². The van der Waals surface area contributed by atoms with Crippen LogP contribution in [0.5, 0.6) is 0 Å². The molecule has 1 atom stereocenters. The van der Waals surface area contributed by atoms with Crippen LogP contribution in [0.4, 0.5) is 102 Å². The van der Waals surface area contributed by atoms with Crippen LogP contribution in [-0.4, -0.2) is 60.5 Å². The first-order chi connectivity index (χ1) is 59.7. The van der Waals surface area contributed by atoms with Gasteiger partial charge in [-0.05, 0) is 234 Å². The highest BCUT2D eigenvalue weighted by Gasteiger charge is 2.53. The summed E-state index contributed by atoms with van der Waals surface area (Å²) in [6.45, 7) is 48.5. The predicted molar refractivity (Wildman–Crippen MR) is 561 cm³/mol. The number of anilines is 18. The quantitative estimate of drug-likeness (QED) is 0.0793. The van der Waals surface area contributed by atoms with E-state index in [1.165, 1.54) is 188 Å². The zero-order chi connectivity index (χ0) is 86.8. The fourth-order valence-corrected chi connectivity index (χ4v) is 27.4. The summed E-state index contributed by atoms with van der Waals surface area (Å²) in [6.07, 6.45) is 0. The molecule has 0 N–H and O–H groups in total. The summed E-state index contributed by atoms with van der Waals surface area (Å²) in [4.78, 5) is 15.9. The van der Waals surface area contributed by atoms with Gasteiger partial charge in [-0.15, -0.1) is 0 Å². The molecule has 0 saturated carbocycles. The van der Waals surface area contributed by atoms with Gasteiger partial charge in [0.1, 0.15) is 0 Å². The van der Waals surface area contributed by atoms with Gasteiger partial charge in [0, 0.05) is 108 Å². The average molecular weight is 1700 g/mol. The van der Waals surface area contributed by atoms with E-state index in [0.29, 0.717) is 0 Å². The number of benzene rings is 15. The molecule has 0 aromatic heterocycles. The van der Waals surface area contributed by atoms with Crippen molar-refractivity contribution >= 4 is 238 Å². The lowest BCUT2D eigenvalue weighted by Crippen LogP contribution is -2.63. The third kappa shape index (κ3) is 12.9. The fraction of sp³-hybridized carbons (Fsp3) is 0.189. The lowest BCUT2D eigenvalue weighted by atomic mass is 9.32. The maximum atomic E-state index is 2.74. The van der Waals surface area contributed by atoms with E-state index < -0.39 is 45.8 Å². The minimum absolute atomic E-state index is 0.112. The minimum Gasteiger partial charge on any atom is -0.311 e. The van der Waals surface area contributed by atoms with E-state index in [9.17, 15) is 0 Å². The average Bonchev–Trinajstić information content (AvgIpc) is 0.678. The number of fused-ring (bicyclic) bond motifs is 12. The third-order valence-corrected chi connectivity index (χ3v) is 38.7. The van der Waals surface area contributed by atoms with Crippen molar-refractivity contribution in [3.63, 3.8) is 0 Å². The molecule has 0 fully saturated rings. The van der Waals surface area contributed by atoms with Crippen LogP contribution in [0.2, 0.25) is 98.2 Å². The summed E-state index contributed by atoms with van der Waals surface area (Å²) in [5, 5.41) is 7.23. The molecule has 6 aliphatic rings. The molecule has 6 nitrogen and oxygen atoms in total. The molecule has 125 heavy (non-hydrogen) atoms. The highest BCUT2D eigenvalue weighted by atomic mass is 28.3. The van der Waals surface area contributed by atoms with Crippen molar-refractivity contribution in [1.82, 2.24) is 0 Å². The van der Waals surface area contributed by atoms with Crippen LogP contribution >= 0.6 is 0 Å². The molecular weight excluding hydrogens is 1590 g/mol. The van der Waals surface area contributed by atoms with E-state index in [4.69, 9.17) is 0 Å². The van der Waals surface area contributed by atoms with Crippen LogP contribution in [-0.2, 0) is 5.41 Å². The van der Waals surface area contributed by atoms with Crippen LogP contribution < -0.4 is 104 Å². The molecule has 14 heteroatoms. The first-order valence-electron chi connectivity index (χ1n) is 45.2. The molecular formula is C111H111B3N6Si5. The molecule has 6 aliphatic heterocycles. The van der Waals surface area contributed by atoms with Crippen molar-refractivity contribution in [3.8, 4) is 0 Å². The summed E-state index contributed by atoms with van der Waals surface area (Å²) in [6, 6.07) is 124. The van der Waals surface area contributed by atoms with Gasteiger partial charge >= 0.3 is 0 Å². The molecule has 1 unspecified atom stereocenters. The second-order valence-electron chi connectivity index (χ2n) is 41.8. The van der Waals surface area contributed by atoms with E-state index in [2.05, 4.69) is 472 Å². The molecule has 0 aliphatic carbocycles. The van der Waals surface area contributed by atoms with Gasteiger partial charge in [-0.25, -0.2) is 0 Å². The van der Waals surface area contributed by atoms with Crippen LogP contribution in [0.1, 0.15) is 45.9 Å². The Bertz CT molecular complexity index is 6900. The van der Waals surface area contributed by atoms with Crippen molar-refractivity contribution in [2.75, 3.05) is 29.4 Å². The minimum atomic E-state index is -1.94. The van der Waals surface area contributed by atoms with Crippen molar-refractivity contribution in [3.05, 3.63) is 348 Å². The maximum absolute atomic E-state index is 2.74. The standard InChI is InChI=1S/C111H111B3N6Si5/c1-72-36-44-77(45-37-72)115-97-66-62-86(124(15,16)17)70-94(97)112-90-64-43-76(69-105(90)118(102-33-23-30-99(115)106(102)112)80-52-58-84(59-53-80)122(9,10)11)111(5,89-27-22-29-92-110(89)119(81-48-40-74(3)41-49-81)104-35-25-32-101-108(104)114(92)95-71-87(125(18,19)20)63-67-98(95)116(101)78-46-38-73(2)39-47-78)88-26-21-28-91-109(88)120(82-54-60-85(61-55-82)123(12,13)14)103-34-24-31-100-107(103)113(91)93-68-75(4)42-65-96(93)117(100)79-50-56-83(57-51-79)121(6,7)8/h21-71H,1-20H3. The smallest absolute Gasteiger partial charge is 0.252 e. The Morgan fingerprint density at radius 3 is 0.808 bits per heavy atom. The van der Waals surface area contributed by atoms with Crippen LogP contribution in [0.3, 0.4) is 0 Å². The first kappa shape index (κ1) is 80.5. The molecule has 6 heterocycles. The molecule has 0 bridgehead atoms. The van der Waals surface area contributed by atoms with E-state index in [-0.39, 0.29) is 20.1 Å². The monoisotopic (exact) mass is 1700 g/mol. The second-order valence-corrected chi connectivity index (χ2v) is 67.2. The number of nitrogens with zero attached hydrogens (tertiary/aromatic N) is 6. The van der Waals surface area contributed by atoms with Gasteiger partial charge in [0.15, 0.2) is 0 Å². The Morgan fingerprint density at radius 2 is 0.472 bits per heavy atom. The van der Waals surface area contributed by atoms with Crippen LogP contribution in [0.25, 0.3) is 0 Å². The Kier molecular flexibility index (Phi) is 18.7. The summed E-state index contributed by atoms with van der Waals surface area (Å²) in [5.41, 5.74) is 40.9. The predicted octanol–water partition coefficient (Wildman–Crippen LogP) is 21.2. The normalized spacial score (nSPS) is 14.6. The molecule has 15 aromatic carbocycles. The first-order valence-corrected chi connectivity index (χ1v) is 62.7. The van der Waals surface area contributed by atoms with E-state index in [1.54, 1.807) is 0 Å². The highest BCUT2D eigenvalue weighted by molar-refractivity contribution is 7.03. The van der Waals surface area contributed by atoms with Gasteiger partial charge in [0.25, 0.3) is 20.1 Å². The lowest BCUT2D eigenvalue weighted by Gasteiger charge is -2.49. The van der Waals surface area contributed by atoms with Crippen LogP contribution in [0.15, 0.2) is 309 Å². The van der Waals surface area contributed by atoms with Gasteiger partial charge in [0.2, 0.25) is 0 Å². The van der Waals surface area contributed by atoms with E-state index in [0.717, 1.165) is 28.4 Å². The summed E-state index contributed by atoms with van der Waals surface area (Å²) < 4.78 is 0. The summed E-state index contributed by atoms with van der Waals surface area (Å²) >= 11 is 0. The number of aryl methyl sites for hydroxylation is 4. The van der Waals surface area contributed by atoms with Gasteiger partial charge in [-0.1, -0.05) is 322 Å². The maximum Gasteiger partial charge on any atom is 0.252 e. The summed E-state index contributed by atoms with van der Waals surface area (Å²) in [7, 11) is -9.10. The molecule has 21 rings (SSSR count). The van der Waals surface area contributed by atoms with Crippen molar-refractivity contribution in [1.29, 1.82) is 0 Å². The zero-order valence-electron chi connectivity index (χ0n) is 76.4. The number of hydrogen-bond acceptors (Lipinski definition) is 6. The zero-order valence-corrected chi connectivity index (χ0v) is 81.4. The Labute approximate surface area is 748 Å². The lowest BCUT2D eigenvalue weighted by molar-refractivity contribution is 0.694. The van der Waals surface area contributed by atoms with Gasteiger partial charge in [-0.2, -0.15) is 0 Å². The van der Waals surface area contributed by atoms with E-state index >= 15 is 0 Å². The van der Waals surface area contributed by atoms with Crippen molar-refractivity contribution in [2.24, 2.45) is 0 Å². The SMILES string of the molecule is Cc1ccc(N2c3ccc([Si](C)(C)C)cc3B3c4ccc(C(C)(c5cccc6c5N(c5ccc([Si](C)(C)C)cc5)c5cccc7c5B6c5cc(C)ccc5N7c5ccc([Si](C)(C)C)cc5)c5cccc6c5N(c5ccc(C)cc5)c5cccc7c5B6c5cc([Si](C)(C)C)ccc5N7c5ccc(C)cc5)cc4N(c4ccc([Si](C)(C)C)cc4)c4cccc2c43)cc1. The van der Waals surface area contributed by atoms with Gasteiger partial charge in [-0.3, -0.25) is 0 Å². The Hall–Kier alpha value is -11.6. The largest absolute Gasteiger partial charge is 0.311 e. The Morgan fingerprint density at radius 1 is 0.208 bits per heavy atom. The molecule has 0 spiro atoms. The number of para-hydroxylation sites is 2. The topological polar surface area (TPSA) is 19.4 Å². The third-order valence-electron chi connectivity index (χ3n) is 28.4. The molecule has 0 amide bonds. The fourth-order valence-electron chi connectivity index (χ4n) is 21.6. The van der Waals surface area contributed by atoms with Gasteiger partial charge < -0.3 is 29.4 Å². The molecule has 614 valence electrons. The number of rotatable bonds is 14. The summed E-state index contributed by atoms with van der Waals surface area (Å²) in [5.74, 6) is 0. The Balaban J connectivity index is 0.903. The highest BCUT2D eigenvalue weighted by Crippen LogP contribution is 2.56. The molecule has 15 aromatic rings. The second kappa shape index (κ2) is 29.0. The van der Waals surface area contributed by atoms with E-state index in [1.807, 2.05) is 0 Å². The number of hydrogen-bond donors (Lipinski definition) is 0. The van der Waals surface area contributed by atoms with Crippen LogP contribution in [0, 0.1) is 27.7 Å². The molecule has 0 radical (unpaired) electrons. The molecule has 0 saturated heterocycles. The van der Waals surface area contributed by atoms with Gasteiger partial charge in [0.05, 0.1) is 40.4 Å².